The van der Waals surface area contributed by atoms with Crippen molar-refractivity contribution in [1.29, 1.82) is 0 Å². The van der Waals surface area contributed by atoms with E-state index in [1.165, 1.54) is 42.2 Å². The molecule has 0 radical (unpaired) electrons. The van der Waals surface area contributed by atoms with Crippen LogP contribution in [0.4, 0.5) is 0 Å². The molecule has 4 nitrogen and oxygen atoms in total. The standard InChI is InChI=1S/C14H16O.C14H22O.C12H22O2/c1-3-10(2)11-4-5-13-9-14(15)7-6-12(13)8-11;1-6-11(2)12-7-9-13(10-8-12)15-14(3,4)5;1-4-12(2,3)11(13)14-10-8-6-5-7-9-10/h4-10,15H,3H2,1-2H3;7-11H,6H2,1-5H3;10H,4-9H2,1-3H3. The van der Waals surface area contributed by atoms with Crippen LogP contribution >= 0.6 is 0 Å². The van der Waals surface area contributed by atoms with Crippen LogP contribution in [0.2, 0.25) is 0 Å². The Bertz CT molecular complexity index is 1260. The van der Waals surface area contributed by atoms with Crippen molar-refractivity contribution in [2.75, 3.05) is 0 Å². The number of phenols is 1. The lowest BCUT2D eigenvalue weighted by atomic mass is 9.90. The van der Waals surface area contributed by atoms with Crippen LogP contribution < -0.4 is 4.74 Å². The number of carbonyl (C=O) groups is 1. The Hall–Kier alpha value is -3.01. The monoisotopic (exact) mass is 604 g/mol. The molecule has 4 heteroatoms. The zero-order valence-electron chi connectivity index (χ0n) is 29.3. The highest BCUT2D eigenvalue weighted by Gasteiger charge is 2.29. The number of aromatic hydroxyl groups is 1. The minimum atomic E-state index is -0.308. The third kappa shape index (κ3) is 12.5. The minimum Gasteiger partial charge on any atom is -0.508 e. The molecule has 0 amide bonds. The third-order valence-electron chi connectivity index (χ3n) is 8.78. The predicted molar refractivity (Wildman–Crippen MR) is 187 cm³/mol. The predicted octanol–water partition coefficient (Wildman–Crippen LogP) is 11.7. The van der Waals surface area contributed by atoms with Gasteiger partial charge in [0.1, 0.15) is 23.2 Å². The molecular formula is C40H60O4. The van der Waals surface area contributed by atoms with E-state index in [0.717, 1.165) is 36.8 Å². The molecule has 0 spiro atoms. The molecule has 1 aliphatic rings. The van der Waals surface area contributed by atoms with E-state index >= 15 is 0 Å². The average Bonchev–Trinajstić information content (AvgIpc) is 3.00. The largest absolute Gasteiger partial charge is 0.508 e. The van der Waals surface area contributed by atoms with E-state index in [-0.39, 0.29) is 23.1 Å². The van der Waals surface area contributed by atoms with E-state index in [4.69, 9.17) is 9.47 Å². The second-order valence-electron chi connectivity index (χ2n) is 14.1. The molecule has 244 valence electrons. The number of fused-ring (bicyclic) bond motifs is 1. The Morgan fingerprint density at radius 2 is 1.30 bits per heavy atom. The van der Waals surface area contributed by atoms with Crippen molar-refractivity contribution in [1.82, 2.24) is 0 Å². The molecule has 3 aromatic carbocycles. The molecule has 0 aromatic heterocycles. The summed E-state index contributed by atoms with van der Waals surface area (Å²) in [6, 6.07) is 20.4. The minimum absolute atomic E-state index is 0.0214. The molecular weight excluding hydrogens is 544 g/mol. The smallest absolute Gasteiger partial charge is 0.311 e. The van der Waals surface area contributed by atoms with Crippen molar-refractivity contribution in [3.05, 3.63) is 71.8 Å². The summed E-state index contributed by atoms with van der Waals surface area (Å²) < 4.78 is 11.3. The van der Waals surface area contributed by atoms with Gasteiger partial charge in [0.15, 0.2) is 0 Å². The lowest BCUT2D eigenvalue weighted by Gasteiger charge is -2.27. The van der Waals surface area contributed by atoms with Gasteiger partial charge in [-0.15, -0.1) is 0 Å². The first-order valence-corrected chi connectivity index (χ1v) is 16.9. The van der Waals surface area contributed by atoms with Crippen LogP contribution in [0.25, 0.3) is 10.8 Å². The van der Waals surface area contributed by atoms with Crippen LogP contribution in [0.3, 0.4) is 0 Å². The van der Waals surface area contributed by atoms with Crippen LogP contribution in [0.1, 0.15) is 144 Å². The van der Waals surface area contributed by atoms with Gasteiger partial charge in [0.05, 0.1) is 5.41 Å². The van der Waals surface area contributed by atoms with E-state index in [2.05, 4.69) is 90.9 Å². The van der Waals surface area contributed by atoms with E-state index in [0.29, 0.717) is 17.6 Å². The highest BCUT2D eigenvalue weighted by Crippen LogP contribution is 2.28. The molecule has 1 aliphatic carbocycles. The van der Waals surface area contributed by atoms with Crippen molar-refractivity contribution in [2.24, 2.45) is 5.41 Å². The van der Waals surface area contributed by atoms with E-state index in [9.17, 15) is 9.90 Å². The fourth-order valence-electron chi connectivity index (χ4n) is 4.89. The highest BCUT2D eigenvalue weighted by atomic mass is 16.5. The van der Waals surface area contributed by atoms with Crippen LogP contribution in [0.5, 0.6) is 11.5 Å². The molecule has 1 saturated carbocycles. The van der Waals surface area contributed by atoms with Crippen LogP contribution in [-0.4, -0.2) is 22.8 Å². The maximum absolute atomic E-state index is 11.7. The average molecular weight is 605 g/mol. The fourth-order valence-corrected chi connectivity index (χ4v) is 4.89. The van der Waals surface area contributed by atoms with Gasteiger partial charge < -0.3 is 14.6 Å². The van der Waals surface area contributed by atoms with Crippen molar-refractivity contribution in [3.63, 3.8) is 0 Å². The molecule has 0 heterocycles. The number of rotatable bonds is 8. The summed E-state index contributed by atoms with van der Waals surface area (Å²) in [5, 5.41) is 11.7. The van der Waals surface area contributed by atoms with Gasteiger partial charge in [-0.3, -0.25) is 4.79 Å². The maximum atomic E-state index is 11.7. The van der Waals surface area contributed by atoms with Crippen molar-refractivity contribution in [2.45, 2.75) is 144 Å². The SMILES string of the molecule is CCC(C)(C)C(=O)OC1CCCCC1.CCC(C)c1ccc(OC(C)(C)C)cc1.CCC(C)c1ccc2cc(O)ccc2c1. The van der Waals surface area contributed by atoms with Gasteiger partial charge in [-0.25, -0.2) is 0 Å². The van der Waals surface area contributed by atoms with Crippen molar-refractivity contribution < 1.29 is 19.4 Å². The summed E-state index contributed by atoms with van der Waals surface area (Å²) >= 11 is 0. The Balaban J connectivity index is 0.000000230. The van der Waals surface area contributed by atoms with Crippen LogP contribution in [0.15, 0.2) is 60.7 Å². The first kappa shape index (κ1) is 37.2. The molecule has 44 heavy (non-hydrogen) atoms. The van der Waals surface area contributed by atoms with Gasteiger partial charge >= 0.3 is 5.97 Å². The summed E-state index contributed by atoms with van der Waals surface area (Å²) in [6.45, 7) is 21.0. The number of carbonyl (C=O) groups excluding carboxylic acids is 1. The summed E-state index contributed by atoms with van der Waals surface area (Å²) in [7, 11) is 0. The molecule has 1 fully saturated rings. The van der Waals surface area contributed by atoms with Gasteiger partial charge in [0.2, 0.25) is 0 Å². The van der Waals surface area contributed by atoms with E-state index in [1.54, 1.807) is 12.1 Å². The zero-order chi connectivity index (χ0) is 32.9. The molecule has 0 saturated heterocycles. The summed E-state index contributed by atoms with van der Waals surface area (Å²) in [4.78, 5) is 11.7. The van der Waals surface area contributed by atoms with Crippen LogP contribution in [-0.2, 0) is 9.53 Å². The Morgan fingerprint density at radius 1 is 0.773 bits per heavy atom. The maximum Gasteiger partial charge on any atom is 0.311 e. The number of phenolic OH excluding ortho intramolecular Hbond substituents is 1. The summed E-state index contributed by atoms with van der Waals surface area (Å²) in [5.74, 6) is 2.50. The summed E-state index contributed by atoms with van der Waals surface area (Å²) in [5.41, 5.74) is 2.34. The van der Waals surface area contributed by atoms with Gasteiger partial charge in [0, 0.05) is 0 Å². The molecule has 1 N–H and O–H groups in total. The number of benzene rings is 3. The first-order chi connectivity index (χ1) is 20.7. The quantitative estimate of drug-likeness (QED) is 0.260. The highest BCUT2D eigenvalue weighted by molar-refractivity contribution is 5.84. The molecule has 2 unspecified atom stereocenters. The molecule has 0 bridgehead atoms. The zero-order valence-corrected chi connectivity index (χ0v) is 29.3. The Kier molecular flexibility index (Phi) is 14.8. The normalized spacial score (nSPS) is 15.2. The van der Waals surface area contributed by atoms with Gasteiger partial charge in [0.25, 0.3) is 0 Å². The molecule has 2 atom stereocenters. The topological polar surface area (TPSA) is 55.8 Å². The fraction of sp³-hybridized carbons (Fsp3) is 0.575. The van der Waals surface area contributed by atoms with E-state index in [1.807, 2.05) is 26.8 Å². The third-order valence-corrected chi connectivity index (χ3v) is 8.78. The van der Waals surface area contributed by atoms with Crippen molar-refractivity contribution in [3.8, 4) is 11.5 Å². The lowest BCUT2D eigenvalue weighted by molar-refractivity contribution is -0.161. The second kappa shape index (κ2) is 17.5. The number of ether oxygens (including phenoxy) is 2. The number of hydrogen-bond donors (Lipinski definition) is 1. The molecule has 0 aliphatic heterocycles. The lowest BCUT2D eigenvalue weighted by Crippen LogP contribution is -2.31. The first-order valence-electron chi connectivity index (χ1n) is 16.9. The Labute approximate surface area is 268 Å². The molecule has 3 aromatic rings. The van der Waals surface area contributed by atoms with E-state index < -0.39 is 0 Å². The number of esters is 1. The van der Waals surface area contributed by atoms with Gasteiger partial charge in [-0.1, -0.05) is 77.4 Å². The van der Waals surface area contributed by atoms with Gasteiger partial charge in [-0.05, 0) is 138 Å². The van der Waals surface area contributed by atoms with Crippen LogP contribution in [0, 0.1) is 5.41 Å². The number of hydrogen-bond acceptors (Lipinski definition) is 4. The van der Waals surface area contributed by atoms with Gasteiger partial charge in [-0.2, -0.15) is 0 Å². The second-order valence-corrected chi connectivity index (χ2v) is 14.1. The Morgan fingerprint density at radius 3 is 1.84 bits per heavy atom. The molecule has 4 rings (SSSR count). The van der Waals surface area contributed by atoms with Crippen molar-refractivity contribution >= 4 is 16.7 Å². The summed E-state index contributed by atoms with van der Waals surface area (Å²) in [6.07, 6.45) is 9.22.